The van der Waals surface area contributed by atoms with E-state index in [1.807, 2.05) is 54.6 Å². The van der Waals surface area contributed by atoms with Gasteiger partial charge >= 0.3 is 0 Å². The highest BCUT2D eigenvalue weighted by molar-refractivity contribution is 6.01. The van der Waals surface area contributed by atoms with Crippen LogP contribution in [0.25, 0.3) is 0 Å². The molecule has 0 saturated carbocycles. The zero-order chi connectivity index (χ0) is 21.2. The van der Waals surface area contributed by atoms with Crippen LogP contribution in [0.3, 0.4) is 0 Å². The summed E-state index contributed by atoms with van der Waals surface area (Å²) in [7, 11) is 1.65. The van der Waals surface area contributed by atoms with Crippen molar-refractivity contribution in [2.45, 2.75) is 25.2 Å². The Labute approximate surface area is 178 Å². The first-order valence-corrected chi connectivity index (χ1v) is 10.0. The lowest BCUT2D eigenvalue weighted by Crippen LogP contribution is -2.39. The monoisotopic (exact) mass is 408 g/mol. The van der Waals surface area contributed by atoms with Gasteiger partial charge in [-0.25, -0.2) is 0 Å². The highest BCUT2D eigenvalue weighted by atomic mass is 16.6. The van der Waals surface area contributed by atoms with Gasteiger partial charge in [-0.15, -0.1) is 6.42 Å². The summed E-state index contributed by atoms with van der Waals surface area (Å²) in [5.74, 6) is 3.21. The summed E-state index contributed by atoms with van der Waals surface area (Å²) < 4.78 is 10.6. The van der Waals surface area contributed by atoms with Crippen LogP contribution in [0.2, 0.25) is 0 Å². The van der Waals surface area contributed by atoms with Crippen LogP contribution in [-0.4, -0.2) is 61.3 Å². The molecule has 0 aliphatic carbocycles. The first kappa shape index (κ1) is 21.8. The summed E-state index contributed by atoms with van der Waals surface area (Å²) in [6.07, 6.45) is 5.20. The maximum absolute atomic E-state index is 10.4. The molecular weight excluding hydrogens is 380 g/mol. The van der Waals surface area contributed by atoms with Gasteiger partial charge in [0.25, 0.3) is 0 Å². The molecular formula is C24H28N2O4. The number of aliphatic hydroxyl groups is 1. The standard InChI is InChI=1S/C24H28N2O4/c1-3-12-29-18-21(27)16-26(15-19-8-7-11-22(13-19)28-2)17-23-14-24(25-30-23)20-9-5-4-6-10-20/h1,4-11,13,21,23,27H,12,14-18H2,2H3/t21-,23+/m0/s1. The molecule has 0 saturated heterocycles. The zero-order valence-corrected chi connectivity index (χ0v) is 17.2. The molecule has 1 N–H and O–H groups in total. The molecule has 30 heavy (non-hydrogen) atoms. The Morgan fingerprint density at radius 1 is 1.27 bits per heavy atom. The molecule has 1 aliphatic heterocycles. The second-order valence-electron chi connectivity index (χ2n) is 7.25. The van der Waals surface area contributed by atoms with E-state index in [-0.39, 0.29) is 19.3 Å². The van der Waals surface area contributed by atoms with Gasteiger partial charge in [0.15, 0.2) is 0 Å². The van der Waals surface area contributed by atoms with Crippen LogP contribution < -0.4 is 4.74 Å². The van der Waals surface area contributed by atoms with Gasteiger partial charge in [0, 0.05) is 26.1 Å². The Kier molecular flexibility index (Phi) is 8.28. The number of oxime groups is 1. The van der Waals surface area contributed by atoms with Crippen molar-refractivity contribution in [1.82, 2.24) is 4.90 Å². The predicted octanol–water partition coefficient (Wildman–Crippen LogP) is 2.70. The van der Waals surface area contributed by atoms with E-state index < -0.39 is 6.10 Å². The summed E-state index contributed by atoms with van der Waals surface area (Å²) in [5, 5.41) is 14.7. The van der Waals surface area contributed by atoms with Crippen LogP contribution in [0, 0.1) is 12.3 Å². The third kappa shape index (κ3) is 6.60. The highest BCUT2D eigenvalue weighted by Gasteiger charge is 2.25. The minimum absolute atomic E-state index is 0.0790. The van der Waals surface area contributed by atoms with Crippen molar-refractivity contribution in [3.63, 3.8) is 0 Å². The van der Waals surface area contributed by atoms with E-state index in [0.717, 1.165) is 29.0 Å². The van der Waals surface area contributed by atoms with Crippen molar-refractivity contribution in [2.24, 2.45) is 5.16 Å². The molecule has 0 aromatic heterocycles. The van der Waals surface area contributed by atoms with Crippen molar-refractivity contribution in [3.05, 3.63) is 65.7 Å². The lowest BCUT2D eigenvalue weighted by atomic mass is 10.0. The van der Waals surface area contributed by atoms with E-state index in [1.54, 1.807) is 7.11 Å². The van der Waals surface area contributed by atoms with Crippen molar-refractivity contribution < 1.29 is 19.4 Å². The fourth-order valence-corrected chi connectivity index (χ4v) is 3.45. The van der Waals surface area contributed by atoms with E-state index >= 15 is 0 Å². The zero-order valence-electron chi connectivity index (χ0n) is 17.2. The number of methoxy groups -OCH3 is 1. The average Bonchev–Trinajstić information content (AvgIpc) is 3.23. The van der Waals surface area contributed by atoms with Gasteiger partial charge in [-0.05, 0) is 23.3 Å². The molecule has 158 valence electrons. The maximum Gasteiger partial charge on any atom is 0.145 e. The predicted molar refractivity (Wildman–Crippen MR) is 116 cm³/mol. The largest absolute Gasteiger partial charge is 0.497 e. The molecule has 6 heteroatoms. The highest BCUT2D eigenvalue weighted by Crippen LogP contribution is 2.20. The van der Waals surface area contributed by atoms with Crippen LogP contribution in [0.1, 0.15) is 17.5 Å². The Morgan fingerprint density at radius 2 is 2.10 bits per heavy atom. The topological polar surface area (TPSA) is 63.5 Å². The Hall–Kier alpha value is -2.85. The molecule has 6 nitrogen and oxygen atoms in total. The van der Waals surface area contributed by atoms with E-state index in [9.17, 15) is 5.11 Å². The van der Waals surface area contributed by atoms with Gasteiger partial charge in [0.2, 0.25) is 0 Å². The number of rotatable bonds is 11. The molecule has 2 aromatic carbocycles. The number of nitrogens with zero attached hydrogens (tertiary/aromatic N) is 2. The maximum atomic E-state index is 10.4. The van der Waals surface area contributed by atoms with Crippen molar-refractivity contribution in [2.75, 3.05) is 33.4 Å². The number of terminal acetylenes is 1. The summed E-state index contributed by atoms with van der Waals surface area (Å²) >= 11 is 0. The van der Waals surface area contributed by atoms with Gasteiger partial charge in [0.05, 0.1) is 25.5 Å². The molecule has 0 amide bonds. The third-order valence-electron chi connectivity index (χ3n) is 4.81. The minimum atomic E-state index is -0.653. The first-order chi connectivity index (χ1) is 14.7. The number of benzene rings is 2. The third-order valence-corrected chi connectivity index (χ3v) is 4.81. The van der Waals surface area contributed by atoms with Gasteiger partial charge in [-0.1, -0.05) is 53.5 Å². The van der Waals surface area contributed by atoms with Crippen LogP contribution in [-0.2, 0) is 16.1 Å². The van der Waals surface area contributed by atoms with Gasteiger partial charge in [-0.2, -0.15) is 0 Å². The van der Waals surface area contributed by atoms with Crippen LogP contribution in [0.15, 0.2) is 59.8 Å². The molecule has 0 spiro atoms. The van der Waals surface area contributed by atoms with Crippen molar-refractivity contribution in [1.29, 1.82) is 0 Å². The first-order valence-electron chi connectivity index (χ1n) is 10.0. The summed E-state index contributed by atoms with van der Waals surface area (Å²) in [4.78, 5) is 7.84. The molecule has 3 rings (SSSR count). The van der Waals surface area contributed by atoms with Crippen LogP contribution in [0.4, 0.5) is 0 Å². The summed E-state index contributed by atoms with van der Waals surface area (Å²) in [6, 6.07) is 17.9. The Bertz CT molecular complexity index is 863. The second-order valence-corrected chi connectivity index (χ2v) is 7.25. The normalized spacial score (nSPS) is 16.6. The smallest absolute Gasteiger partial charge is 0.145 e. The van der Waals surface area contributed by atoms with Gasteiger partial charge in [0.1, 0.15) is 18.5 Å². The molecule has 0 bridgehead atoms. The Morgan fingerprint density at radius 3 is 2.87 bits per heavy atom. The SMILES string of the molecule is C#CCOC[C@@H](O)CN(Cc1cccc(OC)c1)C[C@H]1CC(c2ccccc2)=NO1. The van der Waals surface area contributed by atoms with Crippen LogP contribution in [0.5, 0.6) is 5.75 Å². The molecule has 1 heterocycles. The Balaban J connectivity index is 1.62. The number of ether oxygens (including phenoxy) is 2. The van der Waals surface area contributed by atoms with E-state index in [1.165, 1.54) is 0 Å². The van der Waals surface area contributed by atoms with Crippen molar-refractivity contribution >= 4 is 5.71 Å². The molecule has 0 radical (unpaired) electrons. The molecule has 1 aliphatic rings. The number of hydrogen-bond acceptors (Lipinski definition) is 6. The molecule has 2 atom stereocenters. The minimum Gasteiger partial charge on any atom is -0.497 e. The summed E-state index contributed by atoms with van der Waals surface area (Å²) in [5.41, 5.74) is 3.11. The fraction of sp³-hybridized carbons (Fsp3) is 0.375. The van der Waals surface area contributed by atoms with E-state index in [4.69, 9.17) is 20.7 Å². The van der Waals surface area contributed by atoms with Gasteiger partial charge in [-0.3, -0.25) is 4.90 Å². The molecule has 2 aromatic rings. The van der Waals surface area contributed by atoms with Crippen molar-refractivity contribution in [3.8, 4) is 18.1 Å². The van der Waals surface area contributed by atoms with Crippen LogP contribution >= 0.6 is 0 Å². The molecule has 0 unspecified atom stereocenters. The van der Waals surface area contributed by atoms with Gasteiger partial charge < -0.3 is 19.4 Å². The van der Waals surface area contributed by atoms with E-state index in [0.29, 0.717) is 19.6 Å². The lowest BCUT2D eigenvalue weighted by Gasteiger charge is -2.27. The van der Waals surface area contributed by atoms with E-state index in [2.05, 4.69) is 16.0 Å². The lowest BCUT2D eigenvalue weighted by molar-refractivity contribution is 0.00417. The number of aliphatic hydroxyl groups excluding tert-OH is 1. The summed E-state index contributed by atoms with van der Waals surface area (Å²) in [6.45, 7) is 2.08. The quantitative estimate of drug-likeness (QED) is 0.458. The molecule has 0 fully saturated rings. The second kappa shape index (κ2) is 11.4. The fourth-order valence-electron chi connectivity index (χ4n) is 3.45. The average molecular weight is 408 g/mol. The number of hydrogen-bond donors (Lipinski definition) is 1.